The fourth-order valence-electron chi connectivity index (χ4n) is 3.14. The number of methoxy groups -OCH3 is 1. The molecule has 0 aliphatic rings. The number of benzene rings is 2. The van der Waals surface area contributed by atoms with E-state index in [9.17, 15) is 4.79 Å². The van der Waals surface area contributed by atoms with Crippen molar-refractivity contribution in [3.8, 4) is 5.75 Å². The predicted octanol–water partition coefficient (Wildman–Crippen LogP) is 4.34. The van der Waals surface area contributed by atoms with Gasteiger partial charge in [-0.15, -0.1) is 10.2 Å². The van der Waals surface area contributed by atoms with E-state index in [-0.39, 0.29) is 11.7 Å². The van der Waals surface area contributed by atoms with E-state index in [0.717, 1.165) is 46.2 Å². The number of fused-ring (bicyclic) bond motifs is 1. The second-order valence-corrected chi connectivity index (χ2v) is 8.96. The highest BCUT2D eigenvalue weighted by molar-refractivity contribution is 7.99. The smallest absolute Gasteiger partial charge is 0.236 e. The van der Waals surface area contributed by atoms with Gasteiger partial charge in [-0.3, -0.25) is 4.79 Å². The standard InChI is InChI=1S/C22H23N5O2S2/c1-27-19(9-5-6-15-10-12-16(29-2)13-11-15)25-26-22(27)30-14-20(28)24-21-23-17-7-3-4-8-18(17)31-21/h3-4,7-8,10-13H,5-6,9,14H2,1-2H3,(H,23,24,28). The highest BCUT2D eigenvalue weighted by atomic mass is 32.2. The Balaban J connectivity index is 1.26. The van der Waals surface area contributed by atoms with Crippen LogP contribution in [0.5, 0.6) is 5.75 Å². The summed E-state index contributed by atoms with van der Waals surface area (Å²) in [6.07, 6.45) is 2.76. The topological polar surface area (TPSA) is 81.9 Å². The average molecular weight is 454 g/mol. The molecule has 2 heterocycles. The summed E-state index contributed by atoms with van der Waals surface area (Å²) in [5.74, 6) is 1.94. The van der Waals surface area contributed by atoms with Gasteiger partial charge in [0.25, 0.3) is 0 Å². The summed E-state index contributed by atoms with van der Waals surface area (Å²) in [4.78, 5) is 16.8. The molecule has 7 nitrogen and oxygen atoms in total. The number of hydrogen-bond donors (Lipinski definition) is 1. The normalized spacial score (nSPS) is 11.0. The number of amides is 1. The number of thiazole rings is 1. The Bertz CT molecular complexity index is 1140. The number of thioether (sulfide) groups is 1. The van der Waals surface area contributed by atoms with Crippen LogP contribution in [0.2, 0.25) is 0 Å². The largest absolute Gasteiger partial charge is 0.497 e. The zero-order valence-corrected chi connectivity index (χ0v) is 19.0. The van der Waals surface area contributed by atoms with Crippen LogP contribution in [0.25, 0.3) is 10.2 Å². The molecule has 0 saturated carbocycles. The highest BCUT2D eigenvalue weighted by Crippen LogP contribution is 2.26. The van der Waals surface area contributed by atoms with Crippen molar-refractivity contribution in [2.45, 2.75) is 24.4 Å². The van der Waals surface area contributed by atoms with E-state index >= 15 is 0 Å². The molecule has 0 radical (unpaired) electrons. The van der Waals surface area contributed by atoms with Crippen LogP contribution in [0.4, 0.5) is 5.13 Å². The quantitative estimate of drug-likeness (QED) is 0.380. The third kappa shape index (κ3) is 5.42. The molecule has 0 aliphatic heterocycles. The Kier molecular flexibility index (Phi) is 6.83. The van der Waals surface area contributed by atoms with Gasteiger partial charge < -0.3 is 14.6 Å². The molecular weight excluding hydrogens is 430 g/mol. The van der Waals surface area contributed by atoms with Crippen molar-refractivity contribution >= 4 is 44.4 Å². The van der Waals surface area contributed by atoms with Gasteiger partial charge in [0.2, 0.25) is 5.91 Å². The maximum absolute atomic E-state index is 12.3. The third-order valence-electron chi connectivity index (χ3n) is 4.82. The number of nitrogens with one attached hydrogen (secondary N) is 1. The van der Waals surface area contributed by atoms with Gasteiger partial charge >= 0.3 is 0 Å². The number of rotatable bonds is 9. The number of carbonyl (C=O) groups is 1. The zero-order chi connectivity index (χ0) is 21.6. The van der Waals surface area contributed by atoms with Crippen molar-refractivity contribution in [3.05, 3.63) is 59.9 Å². The molecule has 0 bridgehead atoms. The summed E-state index contributed by atoms with van der Waals surface area (Å²) in [5.41, 5.74) is 2.16. The minimum atomic E-state index is -0.104. The number of ether oxygens (including phenoxy) is 1. The molecular formula is C22H23N5O2S2. The molecule has 2 aromatic carbocycles. The van der Waals surface area contributed by atoms with Gasteiger partial charge in [-0.2, -0.15) is 0 Å². The number of aromatic nitrogens is 4. The SMILES string of the molecule is COc1ccc(CCCc2nnc(SCC(=O)Nc3nc4ccccc4s3)n2C)cc1. The Labute approximate surface area is 188 Å². The van der Waals surface area contributed by atoms with Gasteiger partial charge in [0, 0.05) is 13.5 Å². The van der Waals surface area contributed by atoms with E-state index in [0.29, 0.717) is 5.13 Å². The van der Waals surface area contributed by atoms with E-state index < -0.39 is 0 Å². The van der Waals surface area contributed by atoms with Crippen LogP contribution in [0.3, 0.4) is 0 Å². The van der Waals surface area contributed by atoms with E-state index in [2.05, 4.69) is 32.6 Å². The summed E-state index contributed by atoms with van der Waals surface area (Å²) >= 11 is 2.85. The lowest BCUT2D eigenvalue weighted by Crippen LogP contribution is -2.14. The maximum atomic E-state index is 12.3. The fourth-order valence-corrected chi connectivity index (χ4v) is 4.75. The van der Waals surface area contributed by atoms with Gasteiger partial charge in [0.15, 0.2) is 10.3 Å². The van der Waals surface area contributed by atoms with Crippen molar-refractivity contribution in [2.75, 3.05) is 18.2 Å². The second kappa shape index (κ2) is 9.93. The molecule has 1 N–H and O–H groups in total. The number of para-hydroxylation sites is 1. The van der Waals surface area contributed by atoms with Crippen LogP contribution in [-0.2, 0) is 24.7 Å². The van der Waals surface area contributed by atoms with Gasteiger partial charge in [-0.1, -0.05) is 47.4 Å². The number of hydrogen-bond acceptors (Lipinski definition) is 7. The Morgan fingerprint density at radius 3 is 2.71 bits per heavy atom. The number of carbonyl (C=O) groups excluding carboxylic acids is 1. The maximum Gasteiger partial charge on any atom is 0.236 e. The van der Waals surface area contributed by atoms with Crippen LogP contribution in [-0.4, -0.2) is 38.5 Å². The first-order valence-corrected chi connectivity index (χ1v) is 11.7. The lowest BCUT2D eigenvalue weighted by Gasteiger charge is -2.05. The first-order chi connectivity index (χ1) is 15.1. The van der Waals surface area contributed by atoms with Crippen molar-refractivity contribution in [1.29, 1.82) is 0 Å². The van der Waals surface area contributed by atoms with Crippen LogP contribution in [0.1, 0.15) is 17.8 Å². The summed E-state index contributed by atoms with van der Waals surface area (Å²) in [6.45, 7) is 0. The van der Waals surface area contributed by atoms with Gasteiger partial charge in [-0.05, 0) is 42.7 Å². The van der Waals surface area contributed by atoms with Gasteiger partial charge in [0.1, 0.15) is 11.6 Å². The number of aryl methyl sites for hydroxylation is 2. The molecule has 160 valence electrons. The summed E-state index contributed by atoms with van der Waals surface area (Å²) in [5, 5.41) is 12.8. The zero-order valence-electron chi connectivity index (χ0n) is 17.4. The molecule has 0 spiro atoms. The van der Waals surface area contributed by atoms with Crippen LogP contribution >= 0.6 is 23.1 Å². The van der Waals surface area contributed by atoms with E-state index in [1.54, 1.807) is 7.11 Å². The molecule has 9 heteroatoms. The van der Waals surface area contributed by atoms with Crippen molar-refractivity contribution in [1.82, 2.24) is 19.7 Å². The Morgan fingerprint density at radius 1 is 1.13 bits per heavy atom. The summed E-state index contributed by atoms with van der Waals surface area (Å²) in [7, 11) is 3.61. The van der Waals surface area contributed by atoms with Crippen LogP contribution in [0.15, 0.2) is 53.7 Å². The van der Waals surface area contributed by atoms with Gasteiger partial charge in [-0.25, -0.2) is 4.98 Å². The van der Waals surface area contributed by atoms with E-state index in [1.807, 2.05) is 48.0 Å². The minimum absolute atomic E-state index is 0.104. The summed E-state index contributed by atoms with van der Waals surface area (Å²) in [6, 6.07) is 16.0. The second-order valence-electron chi connectivity index (χ2n) is 6.98. The Morgan fingerprint density at radius 2 is 1.94 bits per heavy atom. The molecule has 2 aromatic heterocycles. The van der Waals surface area contributed by atoms with E-state index in [4.69, 9.17) is 4.74 Å². The Hall–Kier alpha value is -2.91. The first-order valence-electron chi connectivity index (χ1n) is 9.92. The predicted molar refractivity (Wildman–Crippen MR) is 125 cm³/mol. The van der Waals surface area contributed by atoms with Gasteiger partial charge in [0.05, 0.1) is 23.1 Å². The lowest BCUT2D eigenvalue weighted by molar-refractivity contribution is -0.113. The highest BCUT2D eigenvalue weighted by Gasteiger charge is 2.13. The third-order valence-corrected chi connectivity index (χ3v) is 6.79. The van der Waals surface area contributed by atoms with Crippen LogP contribution < -0.4 is 10.1 Å². The molecule has 4 rings (SSSR count). The summed E-state index contributed by atoms with van der Waals surface area (Å²) < 4.78 is 8.21. The molecule has 4 aromatic rings. The molecule has 0 saturated heterocycles. The van der Waals surface area contributed by atoms with Crippen molar-refractivity contribution < 1.29 is 9.53 Å². The molecule has 0 atom stereocenters. The first kappa shape index (κ1) is 21.3. The van der Waals surface area contributed by atoms with Crippen molar-refractivity contribution in [2.24, 2.45) is 7.05 Å². The molecule has 0 unspecified atom stereocenters. The average Bonchev–Trinajstić information content (AvgIpc) is 3.35. The molecule has 31 heavy (non-hydrogen) atoms. The fraction of sp³-hybridized carbons (Fsp3) is 0.273. The van der Waals surface area contributed by atoms with Crippen LogP contribution in [0, 0.1) is 0 Å². The minimum Gasteiger partial charge on any atom is -0.497 e. The monoisotopic (exact) mass is 453 g/mol. The number of nitrogens with zero attached hydrogens (tertiary/aromatic N) is 4. The number of anilines is 1. The van der Waals surface area contributed by atoms with E-state index in [1.165, 1.54) is 28.7 Å². The molecule has 0 aliphatic carbocycles. The molecule has 1 amide bonds. The lowest BCUT2D eigenvalue weighted by atomic mass is 10.1. The molecule has 0 fully saturated rings. The van der Waals surface area contributed by atoms with Crippen molar-refractivity contribution in [3.63, 3.8) is 0 Å².